The first-order chi connectivity index (χ1) is 21.4. The molecular formula is C35H47NO9. The molecule has 4 aliphatic rings. The largest absolute Gasteiger partial charge is 0.462 e. The average molecular weight is 626 g/mol. The third-order valence-corrected chi connectivity index (χ3v) is 9.63. The number of aryl methyl sites for hydroxylation is 1. The Hall–Kier alpha value is -3.05. The molecule has 11 atom stereocenters. The number of cyclic esters (lactones) is 1. The Bertz CT molecular complexity index is 1360. The normalized spacial score (nSPS) is 37.3. The molecule has 45 heavy (non-hydrogen) atoms. The number of hydrogen-bond acceptors (Lipinski definition) is 10. The van der Waals surface area contributed by atoms with Gasteiger partial charge in [0, 0.05) is 38.7 Å². The second-order valence-corrected chi connectivity index (χ2v) is 13.3. The van der Waals surface area contributed by atoms with E-state index in [4.69, 9.17) is 28.1 Å². The summed E-state index contributed by atoms with van der Waals surface area (Å²) < 4.78 is 34.7. The van der Waals surface area contributed by atoms with Crippen molar-refractivity contribution in [1.29, 1.82) is 0 Å². The maximum Gasteiger partial charge on any atom is 0.338 e. The standard InChI is InChI=1S/C35H47NO9/c1-19(13-25-18-41-23(5)36-25)9-8-10-21(3)32(40-7)22(4)27-17-29(37)35(6)30(45-35)12-11-20(2)26-14-24(16-31(38)42-26)15-28-33(43-28)34(39)44-27/h8-13,18,20,22,24,26-30,32-33,37H,14-17H2,1-7H3/t20-,22+,24+,26-,27+,28-,29+,30-,32+,33-,35+/m1/s1. The van der Waals surface area contributed by atoms with E-state index in [9.17, 15) is 14.7 Å². The summed E-state index contributed by atoms with van der Waals surface area (Å²) in [5, 5.41) is 11.4. The Morgan fingerprint density at radius 3 is 2.62 bits per heavy atom. The molecule has 2 bridgehead atoms. The number of carbonyl (C=O) groups is 2. The predicted octanol–water partition coefficient (Wildman–Crippen LogP) is 5.05. The Labute approximate surface area is 265 Å². The quantitative estimate of drug-likeness (QED) is 0.190. The first-order valence-corrected chi connectivity index (χ1v) is 16.0. The van der Waals surface area contributed by atoms with Crippen molar-refractivity contribution in [3.05, 3.63) is 59.4 Å². The van der Waals surface area contributed by atoms with Crippen LogP contribution >= 0.6 is 0 Å². The SMILES string of the molecule is CO[C@@H](C(C)=CC=CC(C)=Cc1coc(C)n1)[C@@H](C)[C@@H]1C[C@H](O)[C@]2(C)O[C@@H]2C=C[C@@H](C)[C@H]2C[C@H](CC(=O)O2)C[C@H]2O[C@H]2C(=O)O1. The van der Waals surface area contributed by atoms with Crippen LogP contribution in [-0.2, 0) is 33.3 Å². The lowest BCUT2D eigenvalue weighted by Gasteiger charge is -2.33. The number of oxazole rings is 1. The molecule has 0 amide bonds. The number of esters is 2. The summed E-state index contributed by atoms with van der Waals surface area (Å²) in [4.78, 5) is 30.1. The predicted molar refractivity (Wildman–Crippen MR) is 166 cm³/mol. The minimum Gasteiger partial charge on any atom is -0.462 e. The lowest BCUT2D eigenvalue weighted by Crippen LogP contribution is -2.42. The maximum atomic E-state index is 13.4. The fourth-order valence-corrected chi connectivity index (χ4v) is 6.64. The molecule has 1 aromatic rings. The van der Waals surface area contributed by atoms with Crippen LogP contribution in [0.2, 0.25) is 0 Å². The second kappa shape index (κ2) is 13.7. The van der Waals surface area contributed by atoms with Gasteiger partial charge < -0.3 is 33.2 Å². The van der Waals surface area contributed by atoms with Gasteiger partial charge in [0.25, 0.3) is 0 Å². The number of methoxy groups -OCH3 is 1. The summed E-state index contributed by atoms with van der Waals surface area (Å²) in [5.41, 5.74) is 1.86. The highest BCUT2D eigenvalue weighted by Gasteiger charge is 2.57. The zero-order valence-electron chi connectivity index (χ0n) is 27.3. The molecule has 4 aliphatic heterocycles. The van der Waals surface area contributed by atoms with Gasteiger partial charge in [-0.1, -0.05) is 44.2 Å². The van der Waals surface area contributed by atoms with E-state index in [-0.39, 0.29) is 48.5 Å². The first kappa shape index (κ1) is 33.3. The van der Waals surface area contributed by atoms with Crippen molar-refractivity contribution in [2.24, 2.45) is 17.8 Å². The van der Waals surface area contributed by atoms with E-state index < -0.39 is 36.0 Å². The topological polar surface area (TPSA) is 133 Å². The molecule has 5 rings (SSSR count). The van der Waals surface area contributed by atoms with Crippen molar-refractivity contribution >= 4 is 18.0 Å². The zero-order valence-corrected chi connectivity index (χ0v) is 27.3. The van der Waals surface area contributed by atoms with Crippen molar-refractivity contribution in [1.82, 2.24) is 4.98 Å². The van der Waals surface area contributed by atoms with Gasteiger partial charge in [0.05, 0.1) is 18.3 Å². The van der Waals surface area contributed by atoms with Crippen LogP contribution in [0.3, 0.4) is 0 Å². The Balaban J connectivity index is 1.33. The van der Waals surface area contributed by atoms with Crippen molar-refractivity contribution in [2.45, 2.75) is 116 Å². The van der Waals surface area contributed by atoms with Gasteiger partial charge in [-0.15, -0.1) is 0 Å². The van der Waals surface area contributed by atoms with Crippen LogP contribution in [0.5, 0.6) is 0 Å². The van der Waals surface area contributed by atoms with Gasteiger partial charge in [0.15, 0.2) is 12.0 Å². The van der Waals surface area contributed by atoms with Crippen molar-refractivity contribution in [2.75, 3.05) is 7.11 Å². The van der Waals surface area contributed by atoms with Gasteiger partial charge in [-0.25, -0.2) is 9.78 Å². The van der Waals surface area contributed by atoms with Gasteiger partial charge in [0.1, 0.15) is 35.9 Å². The molecule has 246 valence electrons. The molecule has 10 heteroatoms. The highest BCUT2D eigenvalue weighted by atomic mass is 16.6. The van der Waals surface area contributed by atoms with Gasteiger partial charge in [-0.05, 0) is 56.8 Å². The zero-order chi connectivity index (χ0) is 32.5. The number of hydrogen-bond donors (Lipinski definition) is 1. The van der Waals surface area contributed by atoms with Crippen LogP contribution in [0.1, 0.15) is 71.9 Å². The number of aliphatic hydroxyl groups is 1. The fourth-order valence-electron chi connectivity index (χ4n) is 6.64. The van der Waals surface area contributed by atoms with Crippen LogP contribution in [0.4, 0.5) is 0 Å². The molecular weight excluding hydrogens is 578 g/mol. The van der Waals surface area contributed by atoms with E-state index in [1.165, 1.54) is 0 Å². The molecule has 3 fully saturated rings. The second-order valence-electron chi connectivity index (χ2n) is 13.3. The van der Waals surface area contributed by atoms with Crippen LogP contribution < -0.4 is 0 Å². The number of nitrogens with zero attached hydrogens (tertiary/aromatic N) is 1. The van der Waals surface area contributed by atoms with E-state index in [1.54, 1.807) is 20.3 Å². The van der Waals surface area contributed by atoms with Gasteiger partial charge in [0.2, 0.25) is 0 Å². The number of epoxide rings is 2. The summed E-state index contributed by atoms with van der Waals surface area (Å²) in [6.45, 7) is 11.6. The first-order valence-electron chi connectivity index (χ1n) is 16.0. The number of aromatic nitrogens is 1. The summed E-state index contributed by atoms with van der Waals surface area (Å²) in [5.74, 6) is -0.316. The van der Waals surface area contributed by atoms with E-state index >= 15 is 0 Å². The number of allylic oxidation sites excluding steroid dienone is 4. The van der Waals surface area contributed by atoms with E-state index in [1.807, 2.05) is 71.1 Å². The van der Waals surface area contributed by atoms with Crippen molar-refractivity contribution < 1.29 is 42.8 Å². The molecule has 5 heterocycles. The molecule has 0 spiro atoms. The number of carbonyl (C=O) groups excluding carboxylic acids is 2. The van der Waals surface area contributed by atoms with E-state index in [2.05, 4.69) is 4.98 Å². The van der Waals surface area contributed by atoms with Gasteiger partial charge in [-0.2, -0.15) is 0 Å². The highest BCUT2D eigenvalue weighted by molar-refractivity contribution is 5.78. The number of aliphatic hydroxyl groups excluding tert-OH is 1. The van der Waals surface area contributed by atoms with E-state index in [0.29, 0.717) is 25.2 Å². The summed E-state index contributed by atoms with van der Waals surface area (Å²) >= 11 is 0. The number of rotatable bonds is 7. The molecule has 0 saturated carbocycles. The Morgan fingerprint density at radius 2 is 1.91 bits per heavy atom. The smallest absolute Gasteiger partial charge is 0.338 e. The van der Waals surface area contributed by atoms with Gasteiger partial charge >= 0.3 is 11.9 Å². The van der Waals surface area contributed by atoms with Crippen LogP contribution in [0, 0.1) is 24.7 Å². The maximum absolute atomic E-state index is 13.4. The lowest BCUT2D eigenvalue weighted by atomic mass is 9.84. The number of ether oxygens (including phenoxy) is 5. The summed E-state index contributed by atoms with van der Waals surface area (Å²) in [6.07, 6.45) is 11.7. The molecule has 1 N–H and O–H groups in total. The fraction of sp³-hybridized carbons (Fsp3) is 0.629. The van der Waals surface area contributed by atoms with Crippen molar-refractivity contribution in [3.63, 3.8) is 0 Å². The monoisotopic (exact) mass is 625 g/mol. The summed E-state index contributed by atoms with van der Waals surface area (Å²) in [6, 6.07) is 0. The molecule has 0 aliphatic carbocycles. The molecule has 0 aromatic carbocycles. The Morgan fingerprint density at radius 1 is 1.16 bits per heavy atom. The number of fused-ring (bicyclic) bond motifs is 4. The van der Waals surface area contributed by atoms with Gasteiger partial charge in [-0.3, -0.25) is 4.79 Å². The van der Waals surface area contributed by atoms with Crippen LogP contribution in [0.25, 0.3) is 6.08 Å². The average Bonchev–Trinajstić information content (AvgIpc) is 3.86. The summed E-state index contributed by atoms with van der Waals surface area (Å²) in [7, 11) is 1.63. The molecule has 1 aromatic heterocycles. The third kappa shape index (κ3) is 8.03. The van der Waals surface area contributed by atoms with Crippen LogP contribution in [-0.4, -0.2) is 77.5 Å². The Kier molecular flexibility index (Phi) is 10.2. The molecule has 3 saturated heterocycles. The minimum atomic E-state index is -0.905. The highest BCUT2D eigenvalue weighted by Crippen LogP contribution is 2.44. The van der Waals surface area contributed by atoms with Crippen LogP contribution in [0.15, 0.2) is 52.2 Å². The third-order valence-electron chi connectivity index (χ3n) is 9.63. The molecule has 0 radical (unpaired) electrons. The molecule has 0 unspecified atom stereocenters. The molecule has 10 nitrogen and oxygen atoms in total. The lowest BCUT2D eigenvalue weighted by molar-refractivity contribution is -0.159. The van der Waals surface area contributed by atoms with Crippen molar-refractivity contribution in [3.8, 4) is 0 Å². The minimum absolute atomic E-state index is 0.0130. The van der Waals surface area contributed by atoms with E-state index in [0.717, 1.165) is 16.8 Å².